The number of aryl methyl sites for hydroxylation is 1. The molecule has 1 aliphatic carbocycles. The maximum atomic E-state index is 11.3. The molecule has 6 heteroatoms. The summed E-state index contributed by atoms with van der Waals surface area (Å²) in [6, 6.07) is 16.7. The number of anilines is 2. The van der Waals surface area contributed by atoms with Gasteiger partial charge in [-0.25, -0.2) is 4.98 Å². The summed E-state index contributed by atoms with van der Waals surface area (Å²) in [5.74, 6) is 2.40. The maximum absolute atomic E-state index is 11.3. The fourth-order valence-corrected chi connectivity index (χ4v) is 4.14. The number of fused-ring (bicyclic) bond motifs is 2. The molecule has 0 radical (unpaired) electrons. The normalized spacial score (nSPS) is 16.6. The predicted molar refractivity (Wildman–Crippen MR) is 117 cm³/mol. The van der Waals surface area contributed by atoms with Crippen LogP contribution >= 0.6 is 0 Å². The molecule has 1 heterocycles. The quantitative estimate of drug-likeness (QED) is 0.630. The van der Waals surface area contributed by atoms with E-state index < -0.39 is 10.8 Å². The van der Waals surface area contributed by atoms with E-state index in [1.807, 2.05) is 30.3 Å². The Morgan fingerprint density at radius 2 is 2.11 bits per heavy atom. The van der Waals surface area contributed by atoms with Gasteiger partial charge in [0, 0.05) is 40.4 Å². The third kappa shape index (κ3) is 3.97. The van der Waals surface area contributed by atoms with Crippen molar-refractivity contribution in [3.05, 3.63) is 59.7 Å². The molecule has 1 aliphatic rings. The number of nitrogens with one attached hydrogen (secondary N) is 2. The first kappa shape index (κ1) is 18.7. The van der Waals surface area contributed by atoms with Crippen LogP contribution in [0.1, 0.15) is 23.6 Å². The third-order valence-corrected chi connectivity index (χ3v) is 5.97. The molecule has 28 heavy (non-hydrogen) atoms. The number of ether oxygens (including phenoxy) is 1. The van der Waals surface area contributed by atoms with Crippen LogP contribution in [-0.2, 0) is 17.2 Å². The summed E-state index contributed by atoms with van der Waals surface area (Å²) in [5, 5.41) is 8.03. The largest absolute Gasteiger partial charge is 0.497 e. The van der Waals surface area contributed by atoms with Gasteiger partial charge in [-0.05, 0) is 60.4 Å². The molecule has 2 unspecified atom stereocenters. The molecule has 0 saturated heterocycles. The van der Waals surface area contributed by atoms with Gasteiger partial charge >= 0.3 is 0 Å². The van der Waals surface area contributed by atoms with E-state index in [0.717, 1.165) is 41.0 Å². The van der Waals surface area contributed by atoms with Crippen molar-refractivity contribution in [2.75, 3.05) is 36.3 Å². The first-order valence-electron chi connectivity index (χ1n) is 9.51. The number of aromatic nitrogens is 1. The Balaban J connectivity index is 1.54. The van der Waals surface area contributed by atoms with Crippen LogP contribution in [0, 0.1) is 0 Å². The van der Waals surface area contributed by atoms with E-state index in [4.69, 9.17) is 9.72 Å². The van der Waals surface area contributed by atoms with Crippen molar-refractivity contribution < 1.29 is 8.95 Å². The van der Waals surface area contributed by atoms with Crippen LogP contribution < -0.4 is 15.4 Å². The summed E-state index contributed by atoms with van der Waals surface area (Å²) in [5.41, 5.74) is 4.64. The predicted octanol–water partition coefficient (Wildman–Crippen LogP) is 4.13. The molecule has 0 fully saturated rings. The summed E-state index contributed by atoms with van der Waals surface area (Å²) < 4.78 is 16.7. The van der Waals surface area contributed by atoms with E-state index in [1.165, 1.54) is 11.1 Å². The Bertz CT molecular complexity index is 1020. The van der Waals surface area contributed by atoms with Gasteiger partial charge < -0.3 is 15.4 Å². The van der Waals surface area contributed by atoms with Crippen LogP contribution in [0.3, 0.4) is 0 Å². The monoisotopic (exact) mass is 395 g/mol. The Labute approximate surface area is 168 Å². The van der Waals surface area contributed by atoms with Gasteiger partial charge in [0.15, 0.2) is 0 Å². The number of hydrogen-bond donors (Lipinski definition) is 2. The summed E-state index contributed by atoms with van der Waals surface area (Å²) >= 11 is 0. The minimum Gasteiger partial charge on any atom is -0.497 e. The molecule has 146 valence electrons. The van der Waals surface area contributed by atoms with E-state index in [1.54, 1.807) is 13.4 Å². The van der Waals surface area contributed by atoms with Gasteiger partial charge in [-0.15, -0.1) is 0 Å². The first-order chi connectivity index (χ1) is 13.6. The molecule has 0 saturated carbocycles. The van der Waals surface area contributed by atoms with Crippen molar-refractivity contribution in [2.45, 2.75) is 18.9 Å². The number of nitrogens with zero attached hydrogens (tertiary/aromatic N) is 1. The lowest BCUT2D eigenvalue weighted by Crippen LogP contribution is -2.10. The number of benzene rings is 2. The molecule has 1 aromatic heterocycles. The Morgan fingerprint density at radius 1 is 1.21 bits per heavy atom. The molecule has 5 nitrogen and oxygen atoms in total. The zero-order chi connectivity index (χ0) is 19.5. The van der Waals surface area contributed by atoms with Crippen molar-refractivity contribution in [1.82, 2.24) is 4.98 Å². The zero-order valence-electron chi connectivity index (χ0n) is 16.2. The molecule has 0 bridgehead atoms. The van der Waals surface area contributed by atoms with Crippen molar-refractivity contribution >= 4 is 33.2 Å². The standard InChI is InChI=1S/C22H25N3O2S/c1-27-16-8-6-15-7-10-21(18(15)14-16)25-22-11-9-17-19(23-12-13-28(2)26)4-3-5-20(17)24-22/h3-6,8-9,11,14,21,23H,7,10,12-13H2,1-2H3,(H,24,25). The molecule has 0 aliphatic heterocycles. The fraction of sp³-hybridized carbons (Fsp3) is 0.318. The number of methoxy groups -OCH3 is 1. The van der Waals surface area contributed by atoms with Crippen molar-refractivity contribution in [2.24, 2.45) is 0 Å². The maximum Gasteiger partial charge on any atom is 0.127 e. The molecule has 4 rings (SSSR count). The Hall–Kier alpha value is -2.60. The molecule has 3 aromatic rings. The van der Waals surface area contributed by atoms with Gasteiger partial charge in [0.25, 0.3) is 0 Å². The lowest BCUT2D eigenvalue weighted by molar-refractivity contribution is 0.414. The van der Waals surface area contributed by atoms with Gasteiger partial charge in [-0.2, -0.15) is 0 Å². The molecular weight excluding hydrogens is 370 g/mol. The Morgan fingerprint density at radius 3 is 2.93 bits per heavy atom. The van der Waals surface area contributed by atoms with Gasteiger partial charge in [-0.1, -0.05) is 12.1 Å². The third-order valence-electron chi connectivity index (χ3n) is 5.19. The van der Waals surface area contributed by atoms with Crippen LogP contribution in [0.4, 0.5) is 11.5 Å². The molecular formula is C22H25N3O2S. The van der Waals surface area contributed by atoms with Crippen molar-refractivity contribution in [3.63, 3.8) is 0 Å². The highest BCUT2D eigenvalue weighted by Gasteiger charge is 2.23. The molecule has 0 amide bonds. The smallest absolute Gasteiger partial charge is 0.127 e. The van der Waals surface area contributed by atoms with Gasteiger partial charge in [0.1, 0.15) is 11.6 Å². The van der Waals surface area contributed by atoms with E-state index in [0.29, 0.717) is 12.3 Å². The van der Waals surface area contributed by atoms with Gasteiger partial charge in [0.2, 0.25) is 0 Å². The average molecular weight is 396 g/mol. The lowest BCUT2D eigenvalue weighted by atomic mass is 10.1. The minimum atomic E-state index is -0.797. The SMILES string of the molecule is COc1ccc2c(c1)C(Nc1ccc3c(NCCS(C)=O)cccc3n1)CC2. The molecule has 2 aromatic carbocycles. The molecule has 0 spiro atoms. The molecule has 2 atom stereocenters. The summed E-state index contributed by atoms with van der Waals surface area (Å²) in [6.07, 6.45) is 3.84. The molecule has 2 N–H and O–H groups in total. The second kappa shape index (κ2) is 8.19. The summed E-state index contributed by atoms with van der Waals surface area (Å²) in [7, 11) is 0.905. The average Bonchev–Trinajstić information content (AvgIpc) is 3.09. The lowest BCUT2D eigenvalue weighted by Gasteiger charge is -2.16. The second-order valence-electron chi connectivity index (χ2n) is 7.07. The van der Waals surface area contributed by atoms with Crippen molar-refractivity contribution in [1.29, 1.82) is 0 Å². The summed E-state index contributed by atoms with van der Waals surface area (Å²) in [4.78, 5) is 4.82. The van der Waals surface area contributed by atoms with E-state index in [9.17, 15) is 4.21 Å². The first-order valence-corrected chi connectivity index (χ1v) is 11.2. The van der Waals surface area contributed by atoms with Crippen LogP contribution in [-0.4, -0.2) is 34.9 Å². The van der Waals surface area contributed by atoms with Crippen LogP contribution in [0.15, 0.2) is 48.5 Å². The van der Waals surface area contributed by atoms with E-state index in [-0.39, 0.29) is 6.04 Å². The van der Waals surface area contributed by atoms with Crippen LogP contribution in [0.25, 0.3) is 10.9 Å². The topological polar surface area (TPSA) is 63.2 Å². The van der Waals surface area contributed by atoms with Crippen molar-refractivity contribution in [3.8, 4) is 5.75 Å². The fourth-order valence-electron chi connectivity index (χ4n) is 3.75. The van der Waals surface area contributed by atoms with E-state index in [2.05, 4.69) is 28.8 Å². The Kier molecular flexibility index (Phi) is 5.48. The van der Waals surface area contributed by atoms with Crippen LogP contribution in [0.2, 0.25) is 0 Å². The highest BCUT2D eigenvalue weighted by atomic mass is 32.2. The highest BCUT2D eigenvalue weighted by Crippen LogP contribution is 2.36. The second-order valence-corrected chi connectivity index (χ2v) is 8.63. The van der Waals surface area contributed by atoms with Gasteiger partial charge in [-0.3, -0.25) is 4.21 Å². The van der Waals surface area contributed by atoms with Crippen LogP contribution in [0.5, 0.6) is 5.75 Å². The zero-order valence-corrected chi connectivity index (χ0v) is 17.0. The number of hydrogen-bond acceptors (Lipinski definition) is 5. The van der Waals surface area contributed by atoms with Gasteiger partial charge in [0.05, 0.1) is 18.7 Å². The summed E-state index contributed by atoms with van der Waals surface area (Å²) in [6.45, 7) is 0.683. The highest BCUT2D eigenvalue weighted by molar-refractivity contribution is 7.84. The number of rotatable bonds is 7. The number of pyridine rings is 1. The minimum absolute atomic E-state index is 0.246. The van der Waals surface area contributed by atoms with E-state index >= 15 is 0 Å².